The molecule has 0 bridgehead atoms. The zero-order chi connectivity index (χ0) is 13.8. The van der Waals surface area contributed by atoms with Gasteiger partial charge in [-0.3, -0.25) is 4.79 Å². The second kappa shape index (κ2) is 5.80. The summed E-state index contributed by atoms with van der Waals surface area (Å²) in [5, 5.41) is 2.55. The summed E-state index contributed by atoms with van der Waals surface area (Å²) in [6.45, 7) is 0. The van der Waals surface area contributed by atoms with Gasteiger partial charge in [0.25, 0.3) is 5.91 Å². The maximum absolute atomic E-state index is 13.5. The number of amides is 1. The topological polar surface area (TPSA) is 29.1 Å². The third kappa shape index (κ3) is 3.09. The molecule has 0 unspecified atom stereocenters. The van der Waals surface area contributed by atoms with Crippen molar-refractivity contribution in [1.82, 2.24) is 0 Å². The number of hydrogen-bond donors (Lipinski definition) is 1. The van der Waals surface area contributed by atoms with Gasteiger partial charge in [0.15, 0.2) is 0 Å². The number of carbonyl (C=O) groups excluding carboxylic acids is 1. The van der Waals surface area contributed by atoms with Crippen LogP contribution in [0.1, 0.15) is 15.9 Å². The molecule has 0 saturated carbocycles. The molecule has 0 saturated heterocycles. The van der Waals surface area contributed by atoms with E-state index in [0.29, 0.717) is 11.8 Å². The molecule has 5 heteroatoms. The Balaban J connectivity index is 2.26. The zero-order valence-electron chi connectivity index (χ0n) is 9.79. The lowest BCUT2D eigenvalue weighted by atomic mass is 10.1. The third-order valence-corrected chi connectivity index (χ3v) is 2.87. The first kappa shape index (κ1) is 13.5. The number of carbonyl (C=O) groups is 1. The highest BCUT2D eigenvalue weighted by molar-refractivity contribution is 6.17. The molecule has 0 aliphatic carbocycles. The van der Waals surface area contributed by atoms with Crippen LogP contribution in [0.2, 0.25) is 0 Å². The molecule has 0 aromatic heterocycles. The van der Waals surface area contributed by atoms with Crippen LogP contribution in [0, 0.1) is 11.6 Å². The van der Waals surface area contributed by atoms with Gasteiger partial charge in [0.1, 0.15) is 11.6 Å². The fraction of sp³-hybridized carbons (Fsp3) is 0.0714. The Labute approximate surface area is 114 Å². The number of halogens is 3. The van der Waals surface area contributed by atoms with Crippen LogP contribution in [-0.2, 0) is 5.88 Å². The van der Waals surface area contributed by atoms with Crippen molar-refractivity contribution < 1.29 is 13.6 Å². The van der Waals surface area contributed by atoms with Crippen molar-refractivity contribution >= 4 is 23.2 Å². The molecule has 2 rings (SSSR count). The van der Waals surface area contributed by atoms with E-state index in [4.69, 9.17) is 11.6 Å². The molecule has 0 fully saturated rings. The maximum Gasteiger partial charge on any atom is 0.258 e. The molecular weight excluding hydrogens is 272 g/mol. The summed E-state index contributed by atoms with van der Waals surface area (Å²) >= 11 is 5.74. The fourth-order valence-electron chi connectivity index (χ4n) is 1.62. The van der Waals surface area contributed by atoms with Crippen molar-refractivity contribution in [2.24, 2.45) is 0 Å². The van der Waals surface area contributed by atoms with Crippen LogP contribution < -0.4 is 5.32 Å². The minimum Gasteiger partial charge on any atom is -0.322 e. The van der Waals surface area contributed by atoms with E-state index in [9.17, 15) is 13.6 Å². The minimum atomic E-state index is -0.902. The molecule has 2 aromatic rings. The Morgan fingerprint density at radius 3 is 2.58 bits per heavy atom. The van der Waals surface area contributed by atoms with Crippen molar-refractivity contribution in [3.05, 3.63) is 65.2 Å². The number of alkyl halides is 1. The Hall–Kier alpha value is -1.94. The lowest BCUT2D eigenvalue weighted by molar-refractivity contribution is 0.102. The van der Waals surface area contributed by atoms with Gasteiger partial charge in [0.05, 0.1) is 5.56 Å². The molecule has 0 aliphatic rings. The molecular formula is C14H10ClF2NO. The summed E-state index contributed by atoms with van der Waals surface area (Å²) in [5.74, 6) is -2.05. The predicted molar refractivity (Wildman–Crippen MR) is 70.3 cm³/mol. The molecule has 1 amide bonds. The smallest absolute Gasteiger partial charge is 0.258 e. The number of nitrogens with one attached hydrogen (secondary N) is 1. The van der Waals surface area contributed by atoms with Crippen molar-refractivity contribution in [2.75, 3.05) is 5.32 Å². The first-order valence-electron chi connectivity index (χ1n) is 5.52. The number of rotatable bonds is 3. The van der Waals surface area contributed by atoms with E-state index in [-0.39, 0.29) is 11.4 Å². The van der Waals surface area contributed by atoms with Crippen molar-refractivity contribution in [3.63, 3.8) is 0 Å². The van der Waals surface area contributed by atoms with Gasteiger partial charge in [-0.15, -0.1) is 11.6 Å². The van der Waals surface area contributed by atoms with E-state index in [2.05, 4.69) is 5.32 Å². The second-order valence-electron chi connectivity index (χ2n) is 3.87. The van der Waals surface area contributed by atoms with Crippen molar-refractivity contribution in [1.29, 1.82) is 0 Å². The van der Waals surface area contributed by atoms with Crippen LogP contribution in [0.4, 0.5) is 14.5 Å². The Morgan fingerprint density at radius 1 is 1.16 bits per heavy atom. The number of benzene rings is 2. The van der Waals surface area contributed by atoms with Gasteiger partial charge >= 0.3 is 0 Å². The van der Waals surface area contributed by atoms with Crippen molar-refractivity contribution in [2.45, 2.75) is 5.88 Å². The van der Waals surface area contributed by atoms with Gasteiger partial charge in [-0.2, -0.15) is 0 Å². The highest BCUT2D eigenvalue weighted by Gasteiger charge is 2.13. The summed E-state index contributed by atoms with van der Waals surface area (Å²) in [6, 6.07) is 9.73. The molecule has 0 aliphatic heterocycles. The summed E-state index contributed by atoms with van der Waals surface area (Å²) in [4.78, 5) is 11.9. The van der Waals surface area contributed by atoms with E-state index >= 15 is 0 Å². The molecule has 1 N–H and O–H groups in total. The average Bonchev–Trinajstić information content (AvgIpc) is 2.39. The standard InChI is InChI=1S/C14H10ClF2NO/c15-8-9-3-1-2-4-13(9)18-14(19)11-6-5-10(16)7-12(11)17/h1-7H,8H2,(H,18,19). The number of para-hydroxylation sites is 1. The summed E-state index contributed by atoms with van der Waals surface area (Å²) in [5.41, 5.74) is 1.01. The first-order chi connectivity index (χ1) is 9.11. The second-order valence-corrected chi connectivity index (χ2v) is 4.14. The lowest BCUT2D eigenvalue weighted by Crippen LogP contribution is -2.14. The lowest BCUT2D eigenvalue weighted by Gasteiger charge is -2.09. The van der Waals surface area contributed by atoms with Gasteiger partial charge in [0.2, 0.25) is 0 Å². The van der Waals surface area contributed by atoms with Gasteiger partial charge in [-0.25, -0.2) is 8.78 Å². The van der Waals surface area contributed by atoms with Gasteiger partial charge in [-0.1, -0.05) is 18.2 Å². The van der Waals surface area contributed by atoms with E-state index in [1.807, 2.05) is 0 Å². The van der Waals surface area contributed by atoms with Crippen LogP contribution >= 0.6 is 11.6 Å². The third-order valence-electron chi connectivity index (χ3n) is 2.59. The first-order valence-corrected chi connectivity index (χ1v) is 6.05. The molecule has 2 aromatic carbocycles. The molecule has 0 radical (unpaired) electrons. The molecule has 19 heavy (non-hydrogen) atoms. The molecule has 98 valence electrons. The Bertz CT molecular complexity index is 616. The molecule has 0 atom stereocenters. The van der Waals surface area contributed by atoms with Crippen LogP contribution in [-0.4, -0.2) is 5.91 Å². The summed E-state index contributed by atoms with van der Waals surface area (Å²) in [6.07, 6.45) is 0. The molecule has 0 heterocycles. The highest BCUT2D eigenvalue weighted by atomic mass is 35.5. The average molecular weight is 282 g/mol. The predicted octanol–water partition coefficient (Wildman–Crippen LogP) is 3.96. The fourth-order valence-corrected chi connectivity index (χ4v) is 1.86. The molecule has 2 nitrogen and oxygen atoms in total. The number of anilines is 1. The summed E-state index contributed by atoms with van der Waals surface area (Å²) in [7, 11) is 0. The van der Waals surface area contributed by atoms with Crippen LogP contribution in [0.5, 0.6) is 0 Å². The number of hydrogen-bond acceptors (Lipinski definition) is 1. The van der Waals surface area contributed by atoms with Gasteiger partial charge < -0.3 is 5.32 Å². The van der Waals surface area contributed by atoms with Crippen LogP contribution in [0.25, 0.3) is 0 Å². The largest absolute Gasteiger partial charge is 0.322 e. The SMILES string of the molecule is O=C(Nc1ccccc1CCl)c1ccc(F)cc1F. The van der Waals surface area contributed by atoms with Gasteiger partial charge in [-0.05, 0) is 23.8 Å². The quantitative estimate of drug-likeness (QED) is 0.848. The van der Waals surface area contributed by atoms with Crippen LogP contribution in [0.3, 0.4) is 0 Å². The normalized spacial score (nSPS) is 10.3. The zero-order valence-corrected chi connectivity index (χ0v) is 10.5. The Morgan fingerprint density at radius 2 is 1.89 bits per heavy atom. The van der Waals surface area contributed by atoms with E-state index < -0.39 is 17.5 Å². The van der Waals surface area contributed by atoms with E-state index in [1.54, 1.807) is 24.3 Å². The van der Waals surface area contributed by atoms with Crippen LogP contribution in [0.15, 0.2) is 42.5 Å². The summed E-state index contributed by atoms with van der Waals surface area (Å²) < 4.78 is 26.2. The minimum absolute atomic E-state index is 0.217. The van der Waals surface area contributed by atoms with Gasteiger partial charge in [0, 0.05) is 17.6 Å². The van der Waals surface area contributed by atoms with E-state index in [1.165, 1.54) is 0 Å². The molecule has 0 spiro atoms. The Kier molecular flexibility index (Phi) is 4.12. The highest BCUT2D eigenvalue weighted by Crippen LogP contribution is 2.19. The maximum atomic E-state index is 13.5. The van der Waals surface area contributed by atoms with E-state index in [0.717, 1.165) is 17.7 Å². The van der Waals surface area contributed by atoms with Crippen molar-refractivity contribution in [3.8, 4) is 0 Å². The monoisotopic (exact) mass is 281 g/mol.